The maximum Gasteiger partial charge on any atom is 0.00924 e. The van der Waals surface area contributed by atoms with Gasteiger partial charge >= 0.3 is 0 Å². The standard InChI is InChI=1S/C18H38N2/c1-7-18(4,5)15-8-10-16(11-9-15)20(6)13-12-17(19)14(2)3/h14-17H,7-13,19H2,1-6H3. The zero-order valence-electron chi connectivity index (χ0n) is 14.8. The molecule has 0 amide bonds. The Bertz CT molecular complexity index is 265. The predicted octanol–water partition coefficient (Wildman–Crippen LogP) is 4.29. The Labute approximate surface area is 127 Å². The molecule has 1 unspecified atom stereocenters. The molecule has 2 N–H and O–H groups in total. The fraction of sp³-hybridized carbons (Fsp3) is 1.00. The monoisotopic (exact) mass is 282 g/mol. The van der Waals surface area contributed by atoms with Crippen molar-refractivity contribution in [2.45, 2.75) is 85.2 Å². The molecule has 0 aliphatic heterocycles. The third kappa shape index (κ3) is 5.04. The highest BCUT2D eigenvalue weighted by atomic mass is 15.1. The molecule has 0 radical (unpaired) electrons. The van der Waals surface area contributed by atoms with Crippen LogP contribution in [-0.4, -0.2) is 30.6 Å². The van der Waals surface area contributed by atoms with E-state index < -0.39 is 0 Å². The van der Waals surface area contributed by atoms with Crippen LogP contribution in [0.15, 0.2) is 0 Å². The molecule has 2 heteroatoms. The van der Waals surface area contributed by atoms with Gasteiger partial charge in [0.1, 0.15) is 0 Å². The van der Waals surface area contributed by atoms with E-state index in [4.69, 9.17) is 5.73 Å². The first-order valence-electron chi connectivity index (χ1n) is 8.73. The summed E-state index contributed by atoms with van der Waals surface area (Å²) in [5, 5.41) is 0. The van der Waals surface area contributed by atoms with Gasteiger partial charge in [-0.1, -0.05) is 41.0 Å². The molecule has 0 bridgehead atoms. The van der Waals surface area contributed by atoms with E-state index in [0.29, 0.717) is 17.4 Å². The first-order chi connectivity index (χ1) is 9.27. The van der Waals surface area contributed by atoms with E-state index in [-0.39, 0.29) is 0 Å². The van der Waals surface area contributed by atoms with Crippen molar-refractivity contribution in [1.82, 2.24) is 4.90 Å². The summed E-state index contributed by atoms with van der Waals surface area (Å²) in [5.41, 5.74) is 6.70. The van der Waals surface area contributed by atoms with Crippen molar-refractivity contribution in [3.05, 3.63) is 0 Å². The zero-order valence-corrected chi connectivity index (χ0v) is 14.8. The largest absolute Gasteiger partial charge is 0.327 e. The maximum absolute atomic E-state index is 6.16. The van der Waals surface area contributed by atoms with Crippen LogP contribution in [0.5, 0.6) is 0 Å². The summed E-state index contributed by atoms with van der Waals surface area (Å²) in [6.45, 7) is 12.8. The minimum absolute atomic E-state index is 0.354. The van der Waals surface area contributed by atoms with E-state index in [1.807, 2.05) is 0 Å². The molecule has 1 aliphatic rings. The zero-order chi connectivity index (χ0) is 15.3. The molecule has 1 atom stereocenters. The van der Waals surface area contributed by atoms with Crippen molar-refractivity contribution in [2.24, 2.45) is 23.0 Å². The lowest BCUT2D eigenvalue weighted by Crippen LogP contribution is -2.40. The average molecular weight is 283 g/mol. The summed E-state index contributed by atoms with van der Waals surface area (Å²) in [5.74, 6) is 1.53. The van der Waals surface area contributed by atoms with Gasteiger partial charge in [-0.2, -0.15) is 0 Å². The molecular weight excluding hydrogens is 244 g/mol. The van der Waals surface area contributed by atoms with E-state index in [1.165, 1.54) is 32.1 Å². The summed E-state index contributed by atoms with van der Waals surface area (Å²) in [7, 11) is 2.29. The van der Waals surface area contributed by atoms with Crippen molar-refractivity contribution in [3.8, 4) is 0 Å². The Morgan fingerprint density at radius 1 is 1.15 bits per heavy atom. The number of hydrogen-bond donors (Lipinski definition) is 1. The van der Waals surface area contributed by atoms with Gasteiger partial charge in [0, 0.05) is 12.1 Å². The summed E-state index contributed by atoms with van der Waals surface area (Å²) < 4.78 is 0. The third-order valence-electron chi connectivity index (χ3n) is 6.01. The van der Waals surface area contributed by atoms with Gasteiger partial charge in [-0.25, -0.2) is 0 Å². The lowest BCUT2D eigenvalue weighted by molar-refractivity contribution is 0.0959. The molecule has 0 spiro atoms. The van der Waals surface area contributed by atoms with Crippen molar-refractivity contribution in [1.29, 1.82) is 0 Å². The number of rotatable bonds is 7. The molecule has 120 valence electrons. The van der Waals surface area contributed by atoms with Crippen LogP contribution in [-0.2, 0) is 0 Å². The lowest BCUT2D eigenvalue weighted by atomic mass is 9.68. The third-order valence-corrected chi connectivity index (χ3v) is 6.01. The molecular formula is C18H38N2. The normalized spacial score (nSPS) is 26.2. The first kappa shape index (κ1) is 18.0. The van der Waals surface area contributed by atoms with Crippen LogP contribution in [0.4, 0.5) is 0 Å². The first-order valence-corrected chi connectivity index (χ1v) is 8.73. The highest BCUT2D eigenvalue weighted by molar-refractivity contribution is 4.85. The Hall–Kier alpha value is -0.0800. The molecule has 1 saturated carbocycles. The van der Waals surface area contributed by atoms with Crippen LogP contribution in [0.3, 0.4) is 0 Å². The van der Waals surface area contributed by atoms with Crippen molar-refractivity contribution in [3.63, 3.8) is 0 Å². The average Bonchev–Trinajstić information content (AvgIpc) is 2.44. The van der Waals surface area contributed by atoms with Gasteiger partial charge in [0.25, 0.3) is 0 Å². The van der Waals surface area contributed by atoms with Crippen LogP contribution < -0.4 is 5.73 Å². The Balaban J connectivity index is 2.34. The highest BCUT2D eigenvalue weighted by Gasteiger charge is 2.32. The van der Waals surface area contributed by atoms with Crippen LogP contribution in [0.2, 0.25) is 0 Å². The maximum atomic E-state index is 6.16. The summed E-state index contributed by atoms with van der Waals surface area (Å²) in [6, 6.07) is 1.14. The molecule has 20 heavy (non-hydrogen) atoms. The number of nitrogens with two attached hydrogens (primary N) is 1. The molecule has 1 fully saturated rings. The van der Waals surface area contributed by atoms with Gasteiger partial charge in [0.2, 0.25) is 0 Å². The minimum Gasteiger partial charge on any atom is -0.327 e. The van der Waals surface area contributed by atoms with Gasteiger partial charge in [-0.15, -0.1) is 0 Å². The Kier molecular flexibility index (Phi) is 7.00. The van der Waals surface area contributed by atoms with Gasteiger partial charge in [0.05, 0.1) is 0 Å². The second kappa shape index (κ2) is 7.79. The topological polar surface area (TPSA) is 29.3 Å². The molecule has 0 aromatic carbocycles. The van der Waals surface area contributed by atoms with Crippen molar-refractivity contribution >= 4 is 0 Å². The van der Waals surface area contributed by atoms with Crippen LogP contribution in [0.1, 0.15) is 73.1 Å². The van der Waals surface area contributed by atoms with E-state index >= 15 is 0 Å². The molecule has 0 aromatic rings. The van der Waals surface area contributed by atoms with Crippen LogP contribution in [0, 0.1) is 17.3 Å². The van der Waals surface area contributed by atoms with Gasteiger partial charge in [-0.05, 0) is 62.9 Å². The lowest BCUT2D eigenvalue weighted by Gasteiger charge is -2.41. The quantitative estimate of drug-likeness (QED) is 0.755. The summed E-state index contributed by atoms with van der Waals surface area (Å²) in [4.78, 5) is 2.57. The minimum atomic E-state index is 0.354. The fourth-order valence-corrected chi connectivity index (χ4v) is 3.46. The Morgan fingerprint density at radius 3 is 2.15 bits per heavy atom. The molecule has 0 aromatic heterocycles. The van der Waals surface area contributed by atoms with Gasteiger partial charge < -0.3 is 10.6 Å². The second-order valence-corrected chi connectivity index (χ2v) is 8.02. The second-order valence-electron chi connectivity index (χ2n) is 8.02. The smallest absolute Gasteiger partial charge is 0.00924 e. The summed E-state index contributed by atoms with van der Waals surface area (Å²) >= 11 is 0. The molecule has 1 rings (SSSR count). The van der Waals surface area contributed by atoms with E-state index in [1.54, 1.807) is 0 Å². The van der Waals surface area contributed by atoms with Crippen LogP contribution in [0.25, 0.3) is 0 Å². The van der Waals surface area contributed by atoms with Crippen LogP contribution >= 0.6 is 0 Å². The number of nitrogens with zero attached hydrogens (tertiary/aromatic N) is 1. The van der Waals surface area contributed by atoms with E-state index in [0.717, 1.165) is 24.9 Å². The molecule has 0 heterocycles. The molecule has 0 saturated heterocycles. The number of hydrogen-bond acceptors (Lipinski definition) is 2. The van der Waals surface area contributed by atoms with E-state index in [2.05, 4.69) is 46.6 Å². The van der Waals surface area contributed by atoms with Crippen molar-refractivity contribution < 1.29 is 0 Å². The SMILES string of the molecule is CCC(C)(C)C1CCC(N(C)CCC(N)C(C)C)CC1. The fourth-order valence-electron chi connectivity index (χ4n) is 3.46. The van der Waals surface area contributed by atoms with Gasteiger partial charge in [-0.3, -0.25) is 0 Å². The molecule has 2 nitrogen and oxygen atoms in total. The van der Waals surface area contributed by atoms with Crippen molar-refractivity contribution in [2.75, 3.05) is 13.6 Å². The van der Waals surface area contributed by atoms with E-state index in [9.17, 15) is 0 Å². The highest BCUT2D eigenvalue weighted by Crippen LogP contribution is 2.41. The molecule has 1 aliphatic carbocycles. The Morgan fingerprint density at radius 2 is 1.70 bits per heavy atom. The van der Waals surface area contributed by atoms with Gasteiger partial charge in [0.15, 0.2) is 0 Å². The predicted molar refractivity (Wildman–Crippen MR) is 89.9 cm³/mol. The summed E-state index contributed by atoms with van der Waals surface area (Å²) in [6.07, 6.45) is 8.01.